The quantitative estimate of drug-likeness (QED) is 0.719. The van der Waals surface area contributed by atoms with Gasteiger partial charge in [-0.15, -0.1) is 0 Å². The van der Waals surface area contributed by atoms with Crippen molar-refractivity contribution < 1.29 is 35.5 Å². The van der Waals surface area contributed by atoms with Crippen LogP contribution in [0.5, 0.6) is 0 Å². The van der Waals surface area contributed by atoms with Gasteiger partial charge in [0.05, 0.1) is 6.54 Å². The van der Waals surface area contributed by atoms with Gasteiger partial charge < -0.3 is 5.32 Å². The molecule has 0 aliphatic heterocycles. The number of nitrogens with zero attached hydrogens (tertiary/aromatic N) is 2. The summed E-state index contributed by atoms with van der Waals surface area (Å²) in [6.45, 7) is 1.51. The molecule has 27 heavy (non-hydrogen) atoms. The SMILES string of the molecule is Cc1cc(NC(=O)C(F)(F)C(F)(F)C(F)(F)F)nn1Cc1ccccc1Cl. The molecular weight excluding hydrogens is 407 g/mol. The van der Waals surface area contributed by atoms with E-state index in [9.17, 15) is 35.5 Å². The number of anilines is 1. The number of hydrogen-bond donors (Lipinski definition) is 1. The van der Waals surface area contributed by atoms with E-state index >= 15 is 0 Å². The number of rotatable bonds is 5. The molecule has 0 saturated heterocycles. The fourth-order valence-electron chi connectivity index (χ4n) is 2.03. The number of alkyl halides is 7. The van der Waals surface area contributed by atoms with Crippen LogP contribution in [0.2, 0.25) is 5.02 Å². The molecular formula is C15H11ClF7N3O. The maximum atomic E-state index is 13.3. The fraction of sp³-hybridized carbons (Fsp3) is 0.333. The molecule has 4 nitrogen and oxygen atoms in total. The Hall–Kier alpha value is -2.30. The highest BCUT2D eigenvalue weighted by atomic mass is 35.5. The third-order valence-corrected chi connectivity index (χ3v) is 3.91. The number of hydrogen-bond acceptors (Lipinski definition) is 2. The first-order chi connectivity index (χ1) is 12.3. The van der Waals surface area contributed by atoms with Crippen LogP contribution in [0, 0.1) is 6.92 Å². The van der Waals surface area contributed by atoms with Gasteiger partial charge in [0.1, 0.15) is 0 Å². The molecule has 12 heteroatoms. The Balaban J connectivity index is 2.21. The van der Waals surface area contributed by atoms with Gasteiger partial charge in [0.25, 0.3) is 0 Å². The summed E-state index contributed by atoms with van der Waals surface area (Å²) in [4.78, 5) is 11.3. The van der Waals surface area contributed by atoms with Crippen LogP contribution < -0.4 is 5.32 Å². The van der Waals surface area contributed by atoms with Crippen LogP contribution in [0.3, 0.4) is 0 Å². The first kappa shape index (κ1) is 21.0. The third-order valence-electron chi connectivity index (χ3n) is 3.54. The molecule has 0 aliphatic rings. The monoisotopic (exact) mass is 417 g/mol. The van der Waals surface area contributed by atoms with Crippen molar-refractivity contribution in [2.24, 2.45) is 0 Å². The van der Waals surface area contributed by atoms with Crippen LogP contribution in [0.15, 0.2) is 30.3 Å². The summed E-state index contributed by atoms with van der Waals surface area (Å²) in [5, 5.41) is 5.37. The molecule has 2 rings (SSSR count). The number of aromatic nitrogens is 2. The van der Waals surface area contributed by atoms with E-state index in [0.29, 0.717) is 16.3 Å². The van der Waals surface area contributed by atoms with E-state index in [1.54, 1.807) is 24.3 Å². The van der Waals surface area contributed by atoms with Gasteiger partial charge >= 0.3 is 23.9 Å². The molecule has 148 valence electrons. The van der Waals surface area contributed by atoms with Gasteiger partial charge in [0.2, 0.25) is 0 Å². The maximum Gasteiger partial charge on any atom is 0.460 e. The minimum absolute atomic E-state index is 0.0521. The number of benzene rings is 1. The molecule has 1 N–H and O–H groups in total. The Morgan fingerprint density at radius 3 is 2.30 bits per heavy atom. The van der Waals surface area contributed by atoms with E-state index in [1.807, 2.05) is 0 Å². The highest BCUT2D eigenvalue weighted by molar-refractivity contribution is 6.31. The summed E-state index contributed by atoms with van der Waals surface area (Å²) in [5.41, 5.74) is 0.897. The Kier molecular flexibility index (Phi) is 5.46. The van der Waals surface area contributed by atoms with Gasteiger partial charge in [-0.3, -0.25) is 9.48 Å². The smallest absolute Gasteiger partial charge is 0.304 e. The number of carbonyl (C=O) groups is 1. The summed E-state index contributed by atoms with van der Waals surface area (Å²) in [6, 6.07) is 7.59. The number of nitrogens with one attached hydrogen (secondary N) is 1. The summed E-state index contributed by atoms with van der Waals surface area (Å²) in [5.74, 6) is -16.0. The summed E-state index contributed by atoms with van der Waals surface area (Å²) in [6.07, 6.45) is -6.60. The first-order valence-electron chi connectivity index (χ1n) is 7.19. The summed E-state index contributed by atoms with van der Waals surface area (Å²) < 4.78 is 90.1. The van der Waals surface area contributed by atoms with Crippen LogP contribution in [0.1, 0.15) is 11.3 Å². The molecule has 0 radical (unpaired) electrons. The predicted molar refractivity (Wildman–Crippen MR) is 82.1 cm³/mol. The number of halogens is 8. The maximum absolute atomic E-state index is 13.3. The molecule has 1 aromatic heterocycles. The van der Waals surface area contributed by atoms with Crippen molar-refractivity contribution in [3.8, 4) is 0 Å². The lowest BCUT2D eigenvalue weighted by atomic mass is 10.1. The van der Waals surface area contributed by atoms with Crippen molar-refractivity contribution in [3.05, 3.63) is 46.6 Å². The van der Waals surface area contributed by atoms with Gasteiger partial charge in [-0.05, 0) is 18.6 Å². The lowest BCUT2D eigenvalue weighted by Gasteiger charge is -2.26. The van der Waals surface area contributed by atoms with Crippen molar-refractivity contribution in [2.75, 3.05) is 5.32 Å². The van der Waals surface area contributed by atoms with Crippen LogP contribution in [0.25, 0.3) is 0 Å². The lowest BCUT2D eigenvalue weighted by molar-refractivity contribution is -0.343. The zero-order valence-corrected chi connectivity index (χ0v) is 14.2. The van der Waals surface area contributed by atoms with Gasteiger partial charge in [0, 0.05) is 16.8 Å². The summed E-state index contributed by atoms with van der Waals surface area (Å²) >= 11 is 5.97. The van der Waals surface area contributed by atoms with Crippen LogP contribution in [-0.2, 0) is 11.3 Å². The highest BCUT2D eigenvalue weighted by Crippen LogP contribution is 2.46. The van der Waals surface area contributed by atoms with Gasteiger partial charge in [-0.2, -0.15) is 35.8 Å². The highest BCUT2D eigenvalue weighted by Gasteiger charge is 2.76. The second-order valence-corrected chi connectivity index (χ2v) is 5.93. The lowest BCUT2D eigenvalue weighted by Crippen LogP contribution is -2.57. The topological polar surface area (TPSA) is 46.9 Å². The van der Waals surface area contributed by atoms with Crippen molar-refractivity contribution in [2.45, 2.75) is 31.5 Å². The van der Waals surface area contributed by atoms with E-state index in [-0.39, 0.29) is 6.54 Å². The van der Waals surface area contributed by atoms with Crippen LogP contribution in [0.4, 0.5) is 36.6 Å². The minimum Gasteiger partial charge on any atom is -0.304 e. The largest absolute Gasteiger partial charge is 0.460 e. The fourth-order valence-corrected chi connectivity index (χ4v) is 2.23. The molecule has 0 aliphatic carbocycles. The van der Waals surface area contributed by atoms with E-state index in [2.05, 4.69) is 5.10 Å². The molecule has 0 bridgehead atoms. The molecule has 2 aromatic rings. The number of aryl methyl sites for hydroxylation is 1. The average Bonchev–Trinajstić information content (AvgIpc) is 2.87. The normalized spacial score (nSPS) is 12.9. The molecule has 0 atom stereocenters. The van der Waals surface area contributed by atoms with Gasteiger partial charge in [-0.1, -0.05) is 29.8 Å². The van der Waals surface area contributed by atoms with Crippen LogP contribution in [-0.4, -0.2) is 33.7 Å². The first-order valence-corrected chi connectivity index (χ1v) is 7.57. The van der Waals surface area contributed by atoms with E-state index in [0.717, 1.165) is 6.07 Å². The van der Waals surface area contributed by atoms with Crippen molar-refractivity contribution >= 4 is 23.3 Å². The molecule has 0 unspecified atom stereocenters. The molecule has 0 saturated carbocycles. The summed E-state index contributed by atoms with van der Waals surface area (Å²) in [7, 11) is 0. The van der Waals surface area contributed by atoms with Crippen molar-refractivity contribution in [1.82, 2.24) is 9.78 Å². The van der Waals surface area contributed by atoms with Crippen molar-refractivity contribution in [1.29, 1.82) is 0 Å². The van der Waals surface area contributed by atoms with Crippen LogP contribution >= 0.6 is 11.6 Å². The predicted octanol–water partition coefficient (Wildman–Crippen LogP) is 4.66. The average molecular weight is 418 g/mol. The number of amides is 1. The molecule has 1 heterocycles. The molecule has 0 spiro atoms. The van der Waals surface area contributed by atoms with E-state index < -0.39 is 29.7 Å². The minimum atomic E-state index is -6.60. The zero-order chi connectivity index (χ0) is 20.6. The Morgan fingerprint density at radius 2 is 1.74 bits per heavy atom. The van der Waals surface area contributed by atoms with E-state index in [4.69, 9.17) is 11.6 Å². The second kappa shape index (κ2) is 7.02. The Bertz CT molecular complexity index is 848. The molecule has 1 aromatic carbocycles. The number of carbonyl (C=O) groups excluding carboxylic acids is 1. The Morgan fingerprint density at radius 1 is 1.15 bits per heavy atom. The van der Waals surface area contributed by atoms with Crippen molar-refractivity contribution in [3.63, 3.8) is 0 Å². The van der Waals surface area contributed by atoms with Gasteiger partial charge in [-0.25, -0.2) is 0 Å². The zero-order valence-electron chi connectivity index (χ0n) is 13.4. The van der Waals surface area contributed by atoms with E-state index in [1.165, 1.54) is 16.9 Å². The standard InChI is InChI=1S/C15H11ClF7N3O/c1-8-6-11(25-26(8)7-9-4-2-3-5-10(9)16)24-12(27)13(17,18)14(19,20)15(21,22)23/h2-6H,7H2,1H3,(H,24,25,27). The molecule has 1 amide bonds. The molecule has 0 fully saturated rings. The Labute approximate surface area is 152 Å². The van der Waals surface area contributed by atoms with Gasteiger partial charge in [0.15, 0.2) is 5.82 Å². The second-order valence-electron chi connectivity index (χ2n) is 5.52. The third kappa shape index (κ3) is 4.02.